The molecule has 4 aromatic rings. The second-order valence-electron chi connectivity index (χ2n) is 10.8. The van der Waals surface area contributed by atoms with Crippen molar-refractivity contribution in [1.29, 1.82) is 0 Å². The maximum absolute atomic E-state index is 15.2. The van der Waals surface area contributed by atoms with Gasteiger partial charge in [-0.2, -0.15) is 5.10 Å². The van der Waals surface area contributed by atoms with Gasteiger partial charge in [0.25, 0.3) is 5.91 Å². The fourth-order valence-corrected chi connectivity index (χ4v) is 4.81. The van der Waals surface area contributed by atoms with Crippen molar-refractivity contribution in [2.24, 2.45) is 0 Å². The molecule has 0 aliphatic heterocycles. The van der Waals surface area contributed by atoms with E-state index < -0.39 is 5.82 Å². The van der Waals surface area contributed by atoms with Crippen LogP contribution in [0.15, 0.2) is 54.7 Å². The molecule has 192 valence electrons. The highest BCUT2D eigenvalue weighted by Gasteiger charge is 2.22. The van der Waals surface area contributed by atoms with Crippen molar-refractivity contribution in [2.75, 3.05) is 10.6 Å². The average molecular weight is 502 g/mol. The normalized spacial score (nSPS) is 18.1. The zero-order valence-electron chi connectivity index (χ0n) is 21.3. The molecular weight excluding hydrogens is 469 g/mol. The molecule has 1 aliphatic carbocycles. The number of hydrogen-bond donors (Lipinski definition) is 4. The Bertz CT molecular complexity index is 1420. The third kappa shape index (κ3) is 5.34. The summed E-state index contributed by atoms with van der Waals surface area (Å²) in [4.78, 5) is 17.1. The van der Waals surface area contributed by atoms with Gasteiger partial charge in [0.15, 0.2) is 11.5 Å². The SMILES string of the molecule is CC(C)(C)c1ccc(C(=O)Nc2ccc(-c3ccnc4[nH]nc(N[C@H]5CC[C@H](O)CC5)c34)cc2F)cc1. The number of aromatic nitrogens is 3. The van der Waals surface area contributed by atoms with Gasteiger partial charge in [-0.3, -0.25) is 9.89 Å². The zero-order chi connectivity index (χ0) is 26.2. The largest absolute Gasteiger partial charge is 0.393 e. The molecule has 2 aromatic heterocycles. The Labute approximate surface area is 215 Å². The third-order valence-corrected chi connectivity index (χ3v) is 7.04. The summed E-state index contributed by atoms with van der Waals surface area (Å²) in [6.45, 7) is 6.33. The van der Waals surface area contributed by atoms with Gasteiger partial charge in [-0.1, -0.05) is 39.0 Å². The first kappa shape index (κ1) is 24.9. The summed E-state index contributed by atoms with van der Waals surface area (Å²) < 4.78 is 15.2. The first-order chi connectivity index (χ1) is 17.7. The standard InChI is InChI=1S/C29H32FN5O2/c1-29(2,3)19-7-4-17(5-8-19)28(37)33-24-13-6-18(16-23(24)30)22-14-15-31-26-25(22)27(35-34-26)32-20-9-11-21(36)12-10-20/h4-8,13-16,20-21,36H,9-12H2,1-3H3,(H,33,37)(H2,31,32,34,35)/t20-,21-. The number of hydrogen-bond acceptors (Lipinski definition) is 5. The Balaban J connectivity index is 1.37. The number of aliphatic hydroxyl groups is 1. The molecule has 4 N–H and O–H groups in total. The van der Waals surface area contributed by atoms with Gasteiger partial charge in [0.2, 0.25) is 0 Å². The average Bonchev–Trinajstić information content (AvgIpc) is 3.29. The van der Waals surface area contributed by atoms with Crippen LogP contribution in [-0.2, 0) is 5.41 Å². The van der Waals surface area contributed by atoms with Crippen LogP contribution < -0.4 is 10.6 Å². The van der Waals surface area contributed by atoms with Crippen molar-refractivity contribution in [3.05, 3.63) is 71.7 Å². The molecular formula is C29H32FN5O2. The number of nitrogens with zero attached hydrogens (tertiary/aromatic N) is 2. The van der Waals surface area contributed by atoms with Crippen LogP contribution in [0.25, 0.3) is 22.2 Å². The van der Waals surface area contributed by atoms with E-state index in [9.17, 15) is 9.90 Å². The van der Waals surface area contributed by atoms with Gasteiger partial charge in [0, 0.05) is 17.8 Å². The number of pyridine rings is 1. The summed E-state index contributed by atoms with van der Waals surface area (Å²) in [6, 6.07) is 14.2. The Kier molecular flexibility index (Phi) is 6.69. The minimum Gasteiger partial charge on any atom is -0.393 e. The van der Waals surface area contributed by atoms with Crippen LogP contribution in [0.4, 0.5) is 15.9 Å². The van der Waals surface area contributed by atoms with E-state index in [1.165, 1.54) is 6.07 Å². The molecule has 5 rings (SSSR count). The van der Waals surface area contributed by atoms with Crippen LogP contribution in [0.1, 0.15) is 62.4 Å². The van der Waals surface area contributed by atoms with Gasteiger partial charge in [0.05, 0.1) is 17.2 Å². The van der Waals surface area contributed by atoms with Crippen molar-refractivity contribution < 1.29 is 14.3 Å². The minimum atomic E-state index is -0.526. The number of anilines is 2. The van der Waals surface area contributed by atoms with E-state index in [1.54, 1.807) is 30.5 Å². The summed E-state index contributed by atoms with van der Waals surface area (Å²) in [7, 11) is 0. The topological polar surface area (TPSA) is 103 Å². The number of aliphatic hydroxyl groups excluding tert-OH is 1. The molecule has 1 saturated carbocycles. The Morgan fingerprint density at radius 3 is 2.46 bits per heavy atom. The lowest BCUT2D eigenvalue weighted by Crippen LogP contribution is -2.28. The third-order valence-electron chi connectivity index (χ3n) is 7.04. The molecule has 0 bridgehead atoms. The van der Waals surface area contributed by atoms with Gasteiger partial charge in [-0.05, 0) is 78.1 Å². The number of aromatic amines is 1. The molecule has 0 spiro atoms. The molecule has 37 heavy (non-hydrogen) atoms. The van der Waals surface area contributed by atoms with Crippen molar-refractivity contribution in [1.82, 2.24) is 15.2 Å². The van der Waals surface area contributed by atoms with Crippen LogP contribution in [-0.4, -0.2) is 38.3 Å². The van der Waals surface area contributed by atoms with E-state index in [4.69, 9.17) is 0 Å². The van der Waals surface area contributed by atoms with Crippen LogP contribution >= 0.6 is 0 Å². The molecule has 1 aliphatic rings. The summed E-state index contributed by atoms with van der Waals surface area (Å²) >= 11 is 0. The highest BCUT2D eigenvalue weighted by molar-refractivity contribution is 6.05. The molecule has 0 atom stereocenters. The highest BCUT2D eigenvalue weighted by atomic mass is 19.1. The maximum atomic E-state index is 15.2. The van der Waals surface area contributed by atoms with E-state index >= 15 is 4.39 Å². The van der Waals surface area contributed by atoms with Crippen LogP contribution in [0.3, 0.4) is 0 Å². The molecule has 2 aromatic carbocycles. The number of nitrogens with one attached hydrogen (secondary N) is 3. The number of rotatable bonds is 5. The molecule has 8 heteroatoms. The van der Waals surface area contributed by atoms with E-state index in [1.807, 2.05) is 18.2 Å². The Morgan fingerprint density at radius 2 is 1.78 bits per heavy atom. The number of halogens is 1. The van der Waals surface area contributed by atoms with E-state index in [0.29, 0.717) is 22.6 Å². The molecule has 1 amide bonds. The zero-order valence-corrected chi connectivity index (χ0v) is 21.3. The quantitative estimate of drug-likeness (QED) is 0.267. The molecule has 0 unspecified atom stereocenters. The van der Waals surface area contributed by atoms with E-state index in [0.717, 1.165) is 42.2 Å². The second kappa shape index (κ2) is 9.94. The molecule has 0 radical (unpaired) electrons. The van der Waals surface area contributed by atoms with Crippen molar-refractivity contribution in [2.45, 2.75) is 64.0 Å². The minimum absolute atomic E-state index is 0.0153. The lowest BCUT2D eigenvalue weighted by atomic mass is 9.87. The predicted octanol–water partition coefficient (Wildman–Crippen LogP) is 6.03. The smallest absolute Gasteiger partial charge is 0.255 e. The van der Waals surface area contributed by atoms with Crippen molar-refractivity contribution in [3.63, 3.8) is 0 Å². The van der Waals surface area contributed by atoms with Gasteiger partial charge < -0.3 is 15.7 Å². The van der Waals surface area contributed by atoms with Gasteiger partial charge in [-0.15, -0.1) is 0 Å². The number of H-pyrrole nitrogens is 1. The molecule has 2 heterocycles. The van der Waals surface area contributed by atoms with Crippen molar-refractivity contribution >= 4 is 28.4 Å². The van der Waals surface area contributed by atoms with E-state index in [-0.39, 0.29) is 29.2 Å². The van der Waals surface area contributed by atoms with Crippen LogP contribution in [0.2, 0.25) is 0 Å². The summed E-state index contributed by atoms with van der Waals surface area (Å²) in [5.41, 5.74) is 3.73. The number of fused-ring (bicyclic) bond motifs is 1. The van der Waals surface area contributed by atoms with Gasteiger partial charge in [0.1, 0.15) is 5.82 Å². The van der Waals surface area contributed by atoms with Crippen molar-refractivity contribution in [3.8, 4) is 11.1 Å². The second-order valence-corrected chi connectivity index (χ2v) is 10.8. The maximum Gasteiger partial charge on any atom is 0.255 e. The van der Waals surface area contributed by atoms with Crippen LogP contribution in [0, 0.1) is 5.82 Å². The number of carbonyl (C=O) groups is 1. The predicted molar refractivity (Wildman–Crippen MR) is 144 cm³/mol. The fourth-order valence-electron chi connectivity index (χ4n) is 4.81. The first-order valence-electron chi connectivity index (χ1n) is 12.7. The number of amides is 1. The fraction of sp³-hybridized carbons (Fsp3) is 0.345. The summed E-state index contributed by atoms with van der Waals surface area (Å²) in [6.07, 6.45) is 4.64. The lowest BCUT2D eigenvalue weighted by Gasteiger charge is -2.26. The number of benzene rings is 2. The van der Waals surface area contributed by atoms with Crippen LogP contribution in [0.5, 0.6) is 0 Å². The molecule has 0 saturated heterocycles. The number of carbonyl (C=O) groups excluding carboxylic acids is 1. The molecule has 1 fully saturated rings. The summed E-state index contributed by atoms with van der Waals surface area (Å²) in [5.74, 6) is -0.227. The lowest BCUT2D eigenvalue weighted by molar-refractivity contribution is 0.102. The molecule has 7 nitrogen and oxygen atoms in total. The summed E-state index contributed by atoms with van der Waals surface area (Å²) in [5, 5.41) is 24.1. The Morgan fingerprint density at radius 1 is 1.05 bits per heavy atom. The monoisotopic (exact) mass is 501 g/mol. The van der Waals surface area contributed by atoms with Gasteiger partial charge >= 0.3 is 0 Å². The highest BCUT2D eigenvalue weighted by Crippen LogP contribution is 2.34. The first-order valence-corrected chi connectivity index (χ1v) is 12.7. The Hall–Kier alpha value is -3.78. The van der Waals surface area contributed by atoms with E-state index in [2.05, 4.69) is 46.6 Å². The van der Waals surface area contributed by atoms with Gasteiger partial charge in [-0.25, -0.2) is 9.37 Å².